The number of fused-ring (bicyclic) bond motifs is 1. The largest absolute Gasteiger partial charge is 0.462 e. The molecule has 38 heavy (non-hydrogen) atoms. The Labute approximate surface area is 228 Å². The topological polar surface area (TPSA) is 128 Å². The van der Waals surface area contributed by atoms with Crippen LogP contribution in [0.25, 0.3) is 0 Å². The molecular formula is C27H27N3O6S2. The maximum atomic E-state index is 13.1. The highest BCUT2D eigenvalue weighted by atomic mass is 32.2. The van der Waals surface area contributed by atoms with Crippen LogP contribution in [-0.2, 0) is 22.4 Å². The maximum absolute atomic E-state index is 13.1. The van der Waals surface area contributed by atoms with Crippen LogP contribution in [0, 0.1) is 10.1 Å². The van der Waals surface area contributed by atoms with Crippen molar-refractivity contribution in [2.24, 2.45) is 0 Å². The first-order valence-corrected chi connectivity index (χ1v) is 13.9. The number of nitrogens with one attached hydrogen (secondary N) is 2. The van der Waals surface area contributed by atoms with Crippen molar-refractivity contribution in [2.45, 2.75) is 49.7 Å². The standard InChI is InChI=1S/C27H27N3O6S2/c1-3-36-27(33)23-21-12-4-5-13-22(21)38-26(23)29-24(31)16(2)37-20-11-7-9-18(15-20)28-25(32)17-8-6-10-19(14-17)30(34)35/h6-11,14-16H,3-5,12-13H2,1-2H3,(H,28,32)(H,29,31). The maximum Gasteiger partial charge on any atom is 0.341 e. The Hall–Kier alpha value is -3.70. The second kappa shape index (κ2) is 12.2. The molecule has 9 nitrogen and oxygen atoms in total. The van der Waals surface area contributed by atoms with E-state index in [2.05, 4.69) is 10.6 Å². The molecule has 1 unspecified atom stereocenters. The molecular weight excluding hydrogens is 526 g/mol. The molecule has 2 amide bonds. The number of nitrogens with zero attached hydrogens (tertiary/aromatic N) is 1. The first kappa shape index (κ1) is 27.3. The van der Waals surface area contributed by atoms with Crippen LogP contribution in [0.4, 0.5) is 16.4 Å². The van der Waals surface area contributed by atoms with Crippen LogP contribution in [0.2, 0.25) is 0 Å². The van der Waals surface area contributed by atoms with Crippen LogP contribution < -0.4 is 10.6 Å². The number of carbonyl (C=O) groups is 3. The third kappa shape index (κ3) is 6.40. The van der Waals surface area contributed by atoms with Crippen LogP contribution in [0.1, 0.15) is 57.8 Å². The minimum absolute atomic E-state index is 0.167. The van der Waals surface area contributed by atoms with Gasteiger partial charge >= 0.3 is 5.97 Å². The fraction of sp³-hybridized carbons (Fsp3) is 0.296. The Morgan fingerprint density at radius 2 is 1.87 bits per heavy atom. The minimum atomic E-state index is -0.554. The van der Waals surface area contributed by atoms with Crippen LogP contribution in [0.15, 0.2) is 53.4 Å². The summed E-state index contributed by atoms with van der Waals surface area (Å²) in [5.74, 6) is -1.13. The molecule has 3 aromatic rings. The monoisotopic (exact) mass is 553 g/mol. The second-order valence-electron chi connectivity index (χ2n) is 8.67. The average molecular weight is 554 g/mol. The van der Waals surface area contributed by atoms with Crippen molar-refractivity contribution in [2.75, 3.05) is 17.2 Å². The summed E-state index contributed by atoms with van der Waals surface area (Å²) in [6, 6.07) is 12.5. The number of hydrogen-bond acceptors (Lipinski definition) is 8. The highest BCUT2D eigenvalue weighted by Gasteiger charge is 2.28. The lowest BCUT2D eigenvalue weighted by atomic mass is 9.95. The molecule has 1 aromatic heterocycles. The molecule has 1 atom stereocenters. The van der Waals surface area contributed by atoms with Gasteiger partial charge in [0.1, 0.15) is 5.00 Å². The average Bonchev–Trinajstić information content (AvgIpc) is 3.27. The number of hydrogen-bond donors (Lipinski definition) is 2. The summed E-state index contributed by atoms with van der Waals surface area (Å²) < 4.78 is 5.27. The van der Waals surface area contributed by atoms with Crippen molar-refractivity contribution in [3.63, 3.8) is 0 Å². The quantitative estimate of drug-likeness (QED) is 0.142. The number of ether oxygens (including phenoxy) is 1. The van der Waals surface area contributed by atoms with Gasteiger partial charge in [0.05, 0.1) is 22.3 Å². The lowest BCUT2D eigenvalue weighted by Gasteiger charge is -2.14. The van der Waals surface area contributed by atoms with E-state index in [1.165, 1.54) is 47.4 Å². The molecule has 0 aliphatic heterocycles. The first-order chi connectivity index (χ1) is 18.3. The number of carbonyl (C=O) groups excluding carboxylic acids is 3. The molecule has 4 rings (SSSR count). The van der Waals surface area contributed by atoms with Gasteiger partial charge < -0.3 is 15.4 Å². The number of rotatable bonds is 9. The summed E-state index contributed by atoms with van der Waals surface area (Å²) in [6.07, 6.45) is 3.75. The Balaban J connectivity index is 1.44. The molecule has 0 radical (unpaired) electrons. The van der Waals surface area contributed by atoms with E-state index in [1.807, 2.05) is 6.07 Å². The highest BCUT2D eigenvalue weighted by Crippen LogP contribution is 2.39. The zero-order chi connectivity index (χ0) is 27.2. The van der Waals surface area contributed by atoms with Gasteiger partial charge in [0.25, 0.3) is 11.6 Å². The fourth-order valence-corrected chi connectivity index (χ4v) is 6.36. The lowest BCUT2D eigenvalue weighted by molar-refractivity contribution is -0.384. The highest BCUT2D eigenvalue weighted by molar-refractivity contribution is 8.00. The molecule has 0 fully saturated rings. The number of esters is 1. The molecule has 11 heteroatoms. The third-order valence-electron chi connectivity index (χ3n) is 5.98. The molecule has 0 bridgehead atoms. The summed E-state index contributed by atoms with van der Waals surface area (Å²) in [7, 11) is 0. The number of benzene rings is 2. The SMILES string of the molecule is CCOC(=O)c1c(NC(=O)C(C)Sc2cccc(NC(=O)c3cccc([N+](=O)[O-])c3)c2)sc2c1CCCC2. The van der Waals surface area contributed by atoms with Crippen molar-refractivity contribution >= 4 is 57.3 Å². The van der Waals surface area contributed by atoms with Crippen molar-refractivity contribution in [3.8, 4) is 0 Å². The van der Waals surface area contributed by atoms with Crippen molar-refractivity contribution < 1.29 is 24.0 Å². The lowest BCUT2D eigenvalue weighted by Crippen LogP contribution is -2.23. The number of thioether (sulfide) groups is 1. The van der Waals surface area contributed by atoms with Gasteiger partial charge in [-0.05, 0) is 69.4 Å². The molecule has 0 saturated heterocycles. The summed E-state index contributed by atoms with van der Waals surface area (Å²) in [5.41, 5.74) is 1.96. The van der Waals surface area contributed by atoms with E-state index in [0.29, 0.717) is 16.3 Å². The summed E-state index contributed by atoms with van der Waals surface area (Å²) >= 11 is 2.76. The minimum Gasteiger partial charge on any atom is -0.462 e. The van der Waals surface area contributed by atoms with Gasteiger partial charge in [0.15, 0.2) is 0 Å². The third-order valence-corrected chi connectivity index (χ3v) is 8.28. The van der Waals surface area contributed by atoms with Gasteiger partial charge in [-0.1, -0.05) is 12.1 Å². The van der Waals surface area contributed by atoms with E-state index in [-0.39, 0.29) is 23.8 Å². The van der Waals surface area contributed by atoms with Crippen LogP contribution >= 0.6 is 23.1 Å². The summed E-state index contributed by atoms with van der Waals surface area (Å²) in [5, 5.41) is 16.7. The Kier molecular flexibility index (Phi) is 8.80. The smallest absolute Gasteiger partial charge is 0.341 e. The first-order valence-electron chi connectivity index (χ1n) is 12.2. The summed E-state index contributed by atoms with van der Waals surface area (Å²) in [4.78, 5) is 50.7. The van der Waals surface area contributed by atoms with Crippen molar-refractivity contribution in [1.29, 1.82) is 0 Å². The van der Waals surface area contributed by atoms with E-state index < -0.39 is 22.0 Å². The molecule has 1 aliphatic carbocycles. The van der Waals surface area contributed by atoms with Gasteiger partial charge in [-0.25, -0.2) is 4.79 Å². The van der Waals surface area contributed by atoms with E-state index in [0.717, 1.165) is 41.0 Å². The number of nitro groups is 1. The number of thiophene rings is 1. The molecule has 198 valence electrons. The molecule has 2 aromatic carbocycles. The Morgan fingerprint density at radius 1 is 1.11 bits per heavy atom. The Morgan fingerprint density at radius 3 is 2.63 bits per heavy atom. The number of aryl methyl sites for hydroxylation is 1. The number of amides is 2. The fourth-order valence-electron chi connectivity index (χ4n) is 4.16. The molecule has 0 saturated carbocycles. The molecule has 1 heterocycles. The number of nitro benzene ring substituents is 1. The predicted octanol–water partition coefficient (Wildman–Crippen LogP) is 6.08. The van der Waals surface area contributed by atoms with E-state index in [9.17, 15) is 24.5 Å². The van der Waals surface area contributed by atoms with E-state index in [4.69, 9.17) is 4.74 Å². The van der Waals surface area contributed by atoms with Crippen molar-refractivity contribution in [1.82, 2.24) is 0 Å². The zero-order valence-electron chi connectivity index (χ0n) is 20.9. The van der Waals surface area contributed by atoms with Crippen LogP contribution in [-0.4, -0.2) is 34.6 Å². The predicted molar refractivity (Wildman–Crippen MR) is 148 cm³/mol. The van der Waals surface area contributed by atoms with Gasteiger partial charge in [0.2, 0.25) is 5.91 Å². The van der Waals surface area contributed by atoms with Crippen LogP contribution in [0.3, 0.4) is 0 Å². The summed E-state index contributed by atoms with van der Waals surface area (Å²) in [6.45, 7) is 3.79. The normalized spacial score (nSPS) is 13.2. The van der Waals surface area contributed by atoms with Crippen LogP contribution in [0.5, 0.6) is 0 Å². The van der Waals surface area contributed by atoms with E-state index in [1.54, 1.807) is 32.0 Å². The zero-order valence-corrected chi connectivity index (χ0v) is 22.6. The van der Waals surface area contributed by atoms with Gasteiger partial charge in [-0.15, -0.1) is 23.1 Å². The Bertz CT molecular complexity index is 1390. The molecule has 0 spiro atoms. The number of anilines is 2. The molecule has 1 aliphatic rings. The van der Waals surface area contributed by atoms with Crippen molar-refractivity contribution in [3.05, 3.63) is 80.2 Å². The van der Waals surface area contributed by atoms with E-state index >= 15 is 0 Å². The molecule has 2 N–H and O–H groups in total. The van der Waals surface area contributed by atoms with Gasteiger partial charge in [-0.3, -0.25) is 19.7 Å². The van der Waals surface area contributed by atoms with Gasteiger partial charge in [-0.2, -0.15) is 0 Å². The second-order valence-corrected chi connectivity index (χ2v) is 11.2. The van der Waals surface area contributed by atoms with Gasteiger partial charge in [0, 0.05) is 33.2 Å². The number of non-ortho nitro benzene ring substituents is 1.